The number of alkyl halides is 3. The Balaban J connectivity index is 1.95. The van der Waals surface area contributed by atoms with Crippen LogP contribution < -0.4 is 14.8 Å². The number of methoxy groups -OCH3 is 2. The summed E-state index contributed by atoms with van der Waals surface area (Å²) in [6, 6.07) is 16.8. The van der Waals surface area contributed by atoms with Crippen molar-refractivity contribution in [1.29, 1.82) is 0 Å². The van der Waals surface area contributed by atoms with Gasteiger partial charge in [0, 0.05) is 22.0 Å². The highest BCUT2D eigenvalue weighted by molar-refractivity contribution is 6.31. The van der Waals surface area contributed by atoms with Crippen LogP contribution in [0.3, 0.4) is 0 Å². The summed E-state index contributed by atoms with van der Waals surface area (Å²) in [5.41, 5.74) is 0.541. The Labute approximate surface area is 186 Å². The standard InChI is InChI=1S/C24H17ClF3NO3/c1-30-21-8-6-14(10-23(21)31-2)22-13-19(18-12-16(25)7-9-20(18)32-22)29-17-5-3-4-15(11-17)24(26,27)28/h3-13H,1-2H3. The molecule has 0 aliphatic heterocycles. The molecule has 0 bridgehead atoms. The van der Waals surface area contributed by atoms with Gasteiger partial charge >= 0.3 is 6.18 Å². The summed E-state index contributed by atoms with van der Waals surface area (Å²) in [5.74, 6) is 1.51. The van der Waals surface area contributed by atoms with Gasteiger partial charge in [0.15, 0.2) is 11.5 Å². The summed E-state index contributed by atoms with van der Waals surface area (Å²) >= 11 is 6.15. The Morgan fingerprint density at radius 3 is 2.38 bits per heavy atom. The van der Waals surface area contributed by atoms with Gasteiger partial charge in [0.05, 0.1) is 30.8 Å². The SMILES string of the molecule is COc1ccc(-c2cc(=Nc3cccc(C(F)(F)F)c3)c3cc(Cl)ccc3o2)cc1OC. The van der Waals surface area contributed by atoms with Crippen molar-refractivity contribution in [3.05, 3.63) is 82.7 Å². The number of rotatable bonds is 4. The number of halogens is 4. The van der Waals surface area contributed by atoms with Crippen LogP contribution in [0.1, 0.15) is 5.56 Å². The summed E-state index contributed by atoms with van der Waals surface area (Å²) in [4.78, 5) is 4.47. The zero-order valence-electron chi connectivity index (χ0n) is 17.0. The maximum absolute atomic E-state index is 13.1. The highest BCUT2D eigenvalue weighted by Crippen LogP contribution is 2.34. The van der Waals surface area contributed by atoms with Crippen LogP contribution in [0.4, 0.5) is 18.9 Å². The van der Waals surface area contributed by atoms with Crippen LogP contribution in [-0.2, 0) is 6.18 Å². The molecule has 32 heavy (non-hydrogen) atoms. The molecule has 0 unspecified atom stereocenters. The molecule has 0 fully saturated rings. The summed E-state index contributed by atoms with van der Waals surface area (Å²) in [6.07, 6.45) is -4.46. The lowest BCUT2D eigenvalue weighted by Gasteiger charge is -2.10. The Morgan fingerprint density at radius 1 is 0.875 bits per heavy atom. The summed E-state index contributed by atoms with van der Waals surface area (Å²) in [6.45, 7) is 0. The van der Waals surface area contributed by atoms with E-state index in [9.17, 15) is 13.2 Å². The lowest BCUT2D eigenvalue weighted by atomic mass is 10.1. The average molecular weight is 460 g/mol. The molecule has 3 aromatic carbocycles. The normalized spacial score (nSPS) is 12.2. The first-order valence-corrected chi connectivity index (χ1v) is 9.84. The molecule has 0 saturated heterocycles. The van der Waals surface area contributed by atoms with Gasteiger partial charge in [-0.3, -0.25) is 0 Å². The van der Waals surface area contributed by atoms with Gasteiger partial charge in [0.1, 0.15) is 11.3 Å². The van der Waals surface area contributed by atoms with Crippen molar-refractivity contribution in [2.75, 3.05) is 14.2 Å². The van der Waals surface area contributed by atoms with Crippen LogP contribution in [0.15, 0.2) is 76.1 Å². The van der Waals surface area contributed by atoms with Crippen molar-refractivity contribution >= 4 is 28.3 Å². The van der Waals surface area contributed by atoms with Gasteiger partial charge in [-0.15, -0.1) is 0 Å². The summed E-state index contributed by atoms with van der Waals surface area (Å²) < 4.78 is 56.1. The van der Waals surface area contributed by atoms with E-state index in [0.717, 1.165) is 12.1 Å². The van der Waals surface area contributed by atoms with Crippen molar-refractivity contribution in [2.45, 2.75) is 6.18 Å². The molecule has 0 saturated carbocycles. The smallest absolute Gasteiger partial charge is 0.416 e. The molecule has 0 amide bonds. The fraction of sp³-hybridized carbons (Fsp3) is 0.125. The molecule has 164 valence electrons. The third-order valence-electron chi connectivity index (χ3n) is 4.80. The van der Waals surface area contributed by atoms with Gasteiger partial charge in [-0.2, -0.15) is 13.2 Å². The molecule has 0 atom stereocenters. The van der Waals surface area contributed by atoms with Gasteiger partial charge in [-0.25, -0.2) is 4.99 Å². The highest BCUT2D eigenvalue weighted by Gasteiger charge is 2.30. The topological polar surface area (TPSA) is 44.0 Å². The molecule has 4 rings (SSSR count). The average Bonchev–Trinajstić information content (AvgIpc) is 2.78. The first-order chi connectivity index (χ1) is 15.3. The summed E-state index contributed by atoms with van der Waals surface area (Å²) in [7, 11) is 3.06. The molecule has 4 nitrogen and oxygen atoms in total. The maximum Gasteiger partial charge on any atom is 0.416 e. The van der Waals surface area contributed by atoms with Gasteiger partial charge in [0.25, 0.3) is 0 Å². The van der Waals surface area contributed by atoms with Crippen LogP contribution in [0.2, 0.25) is 5.02 Å². The highest BCUT2D eigenvalue weighted by atomic mass is 35.5. The minimum absolute atomic E-state index is 0.158. The molecule has 1 aromatic heterocycles. The Hall–Kier alpha value is -3.45. The van der Waals surface area contributed by atoms with Crippen molar-refractivity contribution in [1.82, 2.24) is 0 Å². The zero-order chi connectivity index (χ0) is 22.9. The van der Waals surface area contributed by atoms with Gasteiger partial charge in [0.2, 0.25) is 0 Å². The second-order valence-corrected chi connectivity index (χ2v) is 7.30. The largest absolute Gasteiger partial charge is 0.493 e. The molecule has 0 aliphatic rings. The predicted octanol–water partition coefficient (Wildman–Crippen LogP) is 7.02. The lowest BCUT2D eigenvalue weighted by Crippen LogP contribution is -2.05. The van der Waals surface area contributed by atoms with E-state index in [0.29, 0.717) is 44.2 Å². The number of nitrogens with zero attached hydrogens (tertiary/aromatic N) is 1. The van der Waals surface area contributed by atoms with Gasteiger partial charge in [-0.05, 0) is 54.6 Å². The van der Waals surface area contributed by atoms with E-state index in [1.807, 2.05) is 0 Å². The third kappa shape index (κ3) is 4.43. The Morgan fingerprint density at radius 2 is 1.66 bits per heavy atom. The van der Waals surface area contributed by atoms with Crippen molar-refractivity contribution < 1.29 is 27.1 Å². The minimum Gasteiger partial charge on any atom is -0.493 e. The second kappa shape index (κ2) is 8.59. The molecule has 0 radical (unpaired) electrons. The molecule has 0 aliphatic carbocycles. The molecule has 0 spiro atoms. The lowest BCUT2D eigenvalue weighted by molar-refractivity contribution is -0.137. The fourth-order valence-electron chi connectivity index (χ4n) is 3.26. The molecule has 1 heterocycles. The van der Waals surface area contributed by atoms with E-state index in [4.69, 9.17) is 25.5 Å². The van der Waals surface area contributed by atoms with E-state index in [-0.39, 0.29) is 5.69 Å². The fourth-order valence-corrected chi connectivity index (χ4v) is 3.43. The van der Waals surface area contributed by atoms with E-state index in [1.165, 1.54) is 26.4 Å². The minimum atomic E-state index is -4.46. The van der Waals surface area contributed by atoms with Gasteiger partial charge < -0.3 is 13.9 Å². The third-order valence-corrected chi connectivity index (χ3v) is 5.03. The first-order valence-electron chi connectivity index (χ1n) is 9.46. The number of fused-ring (bicyclic) bond motifs is 1. The Bertz CT molecular complexity index is 1360. The zero-order valence-corrected chi connectivity index (χ0v) is 17.8. The number of hydrogen-bond donors (Lipinski definition) is 0. The van der Waals surface area contributed by atoms with Gasteiger partial charge in [-0.1, -0.05) is 17.7 Å². The van der Waals surface area contributed by atoms with E-state index >= 15 is 0 Å². The van der Waals surface area contributed by atoms with Crippen LogP contribution >= 0.6 is 11.6 Å². The van der Waals surface area contributed by atoms with Crippen LogP contribution in [-0.4, -0.2) is 14.2 Å². The second-order valence-electron chi connectivity index (χ2n) is 6.87. The van der Waals surface area contributed by atoms with Crippen LogP contribution in [0.5, 0.6) is 11.5 Å². The maximum atomic E-state index is 13.1. The Kier molecular flexibility index (Phi) is 5.84. The van der Waals surface area contributed by atoms with Crippen LogP contribution in [0, 0.1) is 0 Å². The monoisotopic (exact) mass is 459 g/mol. The van der Waals surface area contributed by atoms with Crippen molar-refractivity contribution in [3.63, 3.8) is 0 Å². The van der Waals surface area contributed by atoms with Crippen molar-refractivity contribution in [3.8, 4) is 22.8 Å². The molecule has 4 aromatic rings. The summed E-state index contributed by atoms with van der Waals surface area (Å²) in [5, 5.41) is 1.43. The predicted molar refractivity (Wildman–Crippen MR) is 116 cm³/mol. The first kappa shape index (κ1) is 21.8. The quantitative estimate of drug-likeness (QED) is 0.329. The van der Waals surface area contributed by atoms with E-state index < -0.39 is 11.7 Å². The molecular formula is C24H17ClF3NO3. The number of benzene rings is 3. The van der Waals surface area contributed by atoms with Crippen LogP contribution in [0.25, 0.3) is 22.3 Å². The van der Waals surface area contributed by atoms with E-state index in [1.54, 1.807) is 42.5 Å². The number of hydrogen-bond acceptors (Lipinski definition) is 4. The van der Waals surface area contributed by atoms with E-state index in [2.05, 4.69) is 4.99 Å². The van der Waals surface area contributed by atoms with Crippen molar-refractivity contribution in [2.24, 2.45) is 4.99 Å². The molecule has 8 heteroatoms. The number of ether oxygens (including phenoxy) is 2. The molecular weight excluding hydrogens is 443 g/mol. The molecule has 0 N–H and O–H groups in total.